The van der Waals surface area contributed by atoms with Crippen LogP contribution in [0.15, 0.2) is 0 Å². The highest BCUT2D eigenvalue weighted by molar-refractivity contribution is 7.11. The molecule has 7 heteroatoms. The Hall–Kier alpha value is -0.720. The van der Waals surface area contributed by atoms with Crippen molar-refractivity contribution < 1.29 is 4.79 Å². The number of aromatic nitrogens is 2. The summed E-state index contributed by atoms with van der Waals surface area (Å²) in [4.78, 5) is 11.2. The summed E-state index contributed by atoms with van der Waals surface area (Å²) in [6.07, 6.45) is 0. The van der Waals surface area contributed by atoms with Crippen molar-refractivity contribution in [2.75, 3.05) is 13.6 Å². The smallest absolute Gasteiger partial charge is 0.234 e. The molecule has 0 fully saturated rings. The number of hydrogen-bond acceptors (Lipinski definition) is 5. The van der Waals surface area contributed by atoms with Gasteiger partial charge in [0.05, 0.1) is 13.1 Å². The first-order valence-electron chi connectivity index (χ1n) is 5.17. The molecule has 0 bridgehead atoms. The van der Waals surface area contributed by atoms with Gasteiger partial charge in [0, 0.05) is 5.41 Å². The number of rotatable bonds is 4. The minimum Gasteiger partial charge on any atom is -0.348 e. The molecule has 0 saturated carbocycles. The molecule has 0 aliphatic carbocycles. The van der Waals surface area contributed by atoms with Gasteiger partial charge in [0.1, 0.15) is 10.0 Å². The Morgan fingerprint density at radius 1 is 1.35 bits per heavy atom. The summed E-state index contributed by atoms with van der Waals surface area (Å²) in [6.45, 7) is 7.06. The van der Waals surface area contributed by atoms with E-state index in [1.807, 2.05) is 0 Å². The van der Waals surface area contributed by atoms with Gasteiger partial charge in [0.2, 0.25) is 5.91 Å². The summed E-state index contributed by atoms with van der Waals surface area (Å²) in [5, 5.41) is 15.6. The Morgan fingerprint density at radius 3 is 2.47 bits per heavy atom. The molecule has 1 aromatic rings. The van der Waals surface area contributed by atoms with Gasteiger partial charge in [-0.3, -0.25) is 4.79 Å². The molecule has 0 radical (unpaired) electrons. The number of nitrogens with one attached hydrogen (secondary N) is 2. The van der Waals surface area contributed by atoms with Crippen molar-refractivity contribution in [1.29, 1.82) is 0 Å². The van der Waals surface area contributed by atoms with E-state index in [1.54, 1.807) is 18.4 Å². The summed E-state index contributed by atoms with van der Waals surface area (Å²) < 4.78 is 0. The van der Waals surface area contributed by atoms with Gasteiger partial charge in [-0.1, -0.05) is 32.1 Å². The number of halogens is 1. The van der Waals surface area contributed by atoms with E-state index >= 15 is 0 Å². The highest BCUT2D eigenvalue weighted by Gasteiger charge is 2.19. The average Bonchev–Trinajstić information content (AvgIpc) is 2.63. The van der Waals surface area contributed by atoms with E-state index in [0.717, 1.165) is 10.0 Å². The third-order valence-electron chi connectivity index (χ3n) is 1.88. The van der Waals surface area contributed by atoms with E-state index in [9.17, 15) is 4.79 Å². The Bertz CT molecular complexity index is 361. The molecule has 1 aromatic heterocycles. The Labute approximate surface area is 112 Å². The molecule has 0 spiro atoms. The van der Waals surface area contributed by atoms with Gasteiger partial charge in [-0.05, 0) is 7.05 Å². The summed E-state index contributed by atoms with van der Waals surface area (Å²) in [5.41, 5.74) is 0.0187. The van der Waals surface area contributed by atoms with Crippen LogP contribution >= 0.6 is 23.7 Å². The van der Waals surface area contributed by atoms with E-state index in [2.05, 4.69) is 41.6 Å². The van der Waals surface area contributed by atoms with Crippen LogP contribution in [0.1, 0.15) is 30.8 Å². The third-order valence-corrected chi connectivity index (χ3v) is 3.23. The SMILES string of the molecule is CNCC(=O)NCc1nnc(C(C)(C)C)s1.Cl. The fraction of sp³-hybridized carbons (Fsp3) is 0.700. The molecule has 5 nitrogen and oxygen atoms in total. The first-order valence-corrected chi connectivity index (χ1v) is 5.99. The van der Waals surface area contributed by atoms with Gasteiger partial charge in [0.25, 0.3) is 0 Å². The highest BCUT2D eigenvalue weighted by Crippen LogP contribution is 2.24. The van der Waals surface area contributed by atoms with Crippen molar-refractivity contribution in [2.24, 2.45) is 0 Å². The first-order chi connectivity index (χ1) is 7.43. The van der Waals surface area contributed by atoms with Crippen molar-refractivity contribution >= 4 is 29.7 Å². The lowest BCUT2D eigenvalue weighted by molar-refractivity contribution is -0.120. The summed E-state index contributed by atoms with van der Waals surface area (Å²) >= 11 is 1.54. The number of carbonyl (C=O) groups is 1. The quantitative estimate of drug-likeness (QED) is 0.865. The Morgan fingerprint density at radius 2 is 2.00 bits per heavy atom. The van der Waals surface area contributed by atoms with Crippen LogP contribution in [-0.2, 0) is 16.8 Å². The third kappa shape index (κ3) is 5.43. The van der Waals surface area contributed by atoms with Crippen molar-refractivity contribution in [3.05, 3.63) is 10.0 Å². The standard InChI is InChI=1S/C10H18N4OS.ClH/c1-10(2,3)9-14-13-8(16-9)6-12-7(15)5-11-4;/h11H,5-6H2,1-4H3,(H,12,15);1H. The van der Waals surface area contributed by atoms with Gasteiger partial charge in [-0.15, -0.1) is 22.6 Å². The molecule has 1 amide bonds. The molecule has 17 heavy (non-hydrogen) atoms. The van der Waals surface area contributed by atoms with Crippen LogP contribution in [-0.4, -0.2) is 29.7 Å². The molecular formula is C10H19ClN4OS. The second-order valence-electron chi connectivity index (χ2n) is 4.56. The van der Waals surface area contributed by atoms with Crippen LogP contribution in [0.2, 0.25) is 0 Å². The van der Waals surface area contributed by atoms with Crippen LogP contribution in [0.5, 0.6) is 0 Å². The first kappa shape index (κ1) is 16.3. The monoisotopic (exact) mass is 278 g/mol. The molecule has 0 aliphatic heterocycles. The molecule has 0 aromatic carbocycles. The molecule has 0 aliphatic rings. The van der Waals surface area contributed by atoms with Crippen molar-refractivity contribution in [2.45, 2.75) is 32.7 Å². The topological polar surface area (TPSA) is 66.9 Å². The molecule has 0 atom stereocenters. The van der Waals surface area contributed by atoms with Crippen LogP contribution in [0, 0.1) is 0 Å². The lowest BCUT2D eigenvalue weighted by atomic mass is 9.98. The zero-order valence-electron chi connectivity index (χ0n) is 10.5. The largest absolute Gasteiger partial charge is 0.348 e. The summed E-state index contributed by atoms with van der Waals surface area (Å²) in [5.74, 6) is -0.0324. The lowest BCUT2D eigenvalue weighted by Gasteiger charge is -2.12. The van der Waals surface area contributed by atoms with Crippen LogP contribution in [0.25, 0.3) is 0 Å². The van der Waals surface area contributed by atoms with Crippen molar-refractivity contribution in [3.63, 3.8) is 0 Å². The Kier molecular flexibility index (Phi) is 6.59. The molecular weight excluding hydrogens is 260 g/mol. The van der Waals surface area contributed by atoms with E-state index in [4.69, 9.17) is 0 Å². The normalized spacial score (nSPS) is 10.8. The average molecular weight is 279 g/mol. The maximum absolute atomic E-state index is 11.2. The highest BCUT2D eigenvalue weighted by atomic mass is 35.5. The molecule has 0 saturated heterocycles. The zero-order chi connectivity index (χ0) is 12.2. The van der Waals surface area contributed by atoms with Gasteiger partial charge in [0.15, 0.2) is 0 Å². The molecule has 1 heterocycles. The van der Waals surface area contributed by atoms with E-state index in [1.165, 1.54) is 0 Å². The number of amides is 1. The van der Waals surface area contributed by atoms with Crippen molar-refractivity contribution in [3.8, 4) is 0 Å². The second-order valence-corrected chi connectivity index (χ2v) is 5.62. The van der Waals surface area contributed by atoms with Crippen LogP contribution < -0.4 is 10.6 Å². The number of nitrogens with zero attached hydrogens (tertiary/aromatic N) is 2. The predicted molar refractivity (Wildman–Crippen MR) is 71.6 cm³/mol. The van der Waals surface area contributed by atoms with E-state index < -0.39 is 0 Å². The maximum Gasteiger partial charge on any atom is 0.234 e. The van der Waals surface area contributed by atoms with Gasteiger partial charge >= 0.3 is 0 Å². The number of likely N-dealkylation sites (N-methyl/N-ethyl adjacent to an activating group) is 1. The van der Waals surface area contributed by atoms with E-state index in [-0.39, 0.29) is 23.7 Å². The lowest BCUT2D eigenvalue weighted by Crippen LogP contribution is -2.31. The number of hydrogen-bond donors (Lipinski definition) is 2. The van der Waals surface area contributed by atoms with Crippen LogP contribution in [0.4, 0.5) is 0 Å². The van der Waals surface area contributed by atoms with E-state index in [0.29, 0.717) is 13.1 Å². The molecule has 2 N–H and O–H groups in total. The maximum atomic E-state index is 11.2. The second kappa shape index (κ2) is 6.88. The predicted octanol–water partition coefficient (Wildman–Crippen LogP) is 1.09. The fourth-order valence-electron chi connectivity index (χ4n) is 1.03. The zero-order valence-corrected chi connectivity index (χ0v) is 12.2. The fourth-order valence-corrected chi connectivity index (χ4v) is 1.86. The summed E-state index contributed by atoms with van der Waals surface area (Å²) in [7, 11) is 1.74. The number of carbonyl (C=O) groups excluding carboxylic acids is 1. The summed E-state index contributed by atoms with van der Waals surface area (Å²) in [6, 6.07) is 0. The van der Waals surface area contributed by atoms with Gasteiger partial charge < -0.3 is 10.6 Å². The van der Waals surface area contributed by atoms with Gasteiger partial charge in [-0.25, -0.2) is 0 Å². The minimum atomic E-state index is -0.0324. The molecule has 1 rings (SSSR count). The Balaban J connectivity index is 0.00000256. The van der Waals surface area contributed by atoms with Crippen molar-refractivity contribution in [1.82, 2.24) is 20.8 Å². The molecule has 0 unspecified atom stereocenters. The van der Waals surface area contributed by atoms with Crippen LogP contribution in [0.3, 0.4) is 0 Å². The molecule has 98 valence electrons. The minimum absolute atomic E-state index is 0. The van der Waals surface area contributed by atoms with Gasteiger partial charge in [-0.2, -0.15) is 0 Å².